The quantitative estimate of drug-likeness (QED) is 0.805. The minimum absolute atomic E-state index is 0.00530. The molecule has 1 rings (SSSR count). The Morgan fingerprint density at radius 3 is 2.35 bits per heavy atom. The smallest absolute Gasteiger partial charge is 0.303 e. The van der Waals surface area contributed by atoms with Crippen LogP contribution in [-0.2, 0) is 9.59 Å². The summed E-state index contributed by atoms with van der Waals surface area (Å²) in [5.74, 6) is -0.734. The zero-order valence-corrected chi connectivity index (χ0v) is 12.3. The highest BCUT2D eigenvalue weighted by Crippen LogP contribution is 2.24. The Hall–Kier alpha value is -1.84. The van der Waals surface area contributed by atoms with E-state index in [-0.39, 0.29) is 24.7 Å². The van der Waals surface area contributed by atoms with Crippen LogP contribution in [0.15, 0.2) is 30.3 Å². The monoisotopic (exact) mass is 277 g/mol. The number of nitrogens with one attached hydrogen (secondary N) is 1. The third-order valence-corrected chi connectivity index (χ3v) is 3.24. The predicted molar refractivity (Wildman–Crippen MR) is 78.5 cm³/mol. The van der Waals surface area contributed by atoms with Crippen LogP contribution in [0.4, 0.5) is 0 Å². The molecule has 0 aliphatic rings. The molecule has 0 spiro atoms. The molecular weight excluding hydrogens is 254 g/mol. The summed E-state index contributed by atoms with van der Waals surface area (Å²) in [4.78, 5) is 22.6. The van der Waals surface area contributed by atoms with E-state index in [1.54, 1.807) is 13.8 Å². The maximum atomic E-state index is 11.9. The molecule has 1 unspecified atom stereocenters. The van der Waals surface area contributed by atoms with Crippen molar-refractivity contribution in [2.24, 2.45) is 5.41 Å². The Morgan fingerprint density at radius 2 is 1.80 bits per heavy atom. The van der Waals surface area contributed by atoms with Crippen LogP contribution < -0.4 is 5.32 Å². The number of benzene rings is 1. The topological polar surface area (TPSA) is 66.4 Å². The maximum absolute atomic E-state index is 11.9. The van der Waals surface area contributed by atoms with Gasteiger partial charge >= 0.3 is 5.97 Å². The van der Waals surface area contributed by atoms with Gasteiger partial charge in [0.2, 0.25) is 5.91 Å². The number of carbonyl (C=O) groups is 2. The third-order valence-electron chi connectivity index (χ3n) is 3.24. The van der Waals surface area contributed by atoms with Gasteiger partial charge in [-0.1, -0.05) is 51.1 Å². The minimum Gasteiger partial charge on any atom is -0.481 e. The van der Waals surface area contributed by atoms with E-state index < -0.39 is 11.4 Å². The molecular formula is C16H23NO3. The number of carboxylic acids is 1. The van der Waals surface area contributed by atoms with Gasteiger partial charge in [0.25, 0.3) is 0 Å². The molecule has 0 heterocycles. The van der Waals surface area contributed by atoms with Crippen LogP contribution in [0.2, 0.25) is 0 Å². The lowest BCUT2D eigenvalue weighted by Crippen LogP contribution is -2.32. The second-order valence-electron chi connectivity index (χ2n) is 6.03. The molecule has 2 N–H and O–H groups in total. The van der Waals surface area contributed by atoms with Gasteiger partial charge in [-0.05, 0) is 16.9 Å². The highest BCUT2D eigenvalue weighted by atomic mass is 16.4. The maximum Gasteiger partial charge on any atom is 0.303 e. The molecule has 110 valence electrons. The molecule has 20 heavy (non-hydrogen) atoms. The summed E-state index contributed by atoms with van der Waals surface area (Å²) < 4.78 is 0. The summed E-state index contributed by atoms with van der Waals surface area (Å²) in [5, 5.41) is 11.7. The molecule has 0 aromatic heterocycles. The van der Waals surface area contributed by atoms with Crippen molar-refractivity contribution >= 4 is 11.9 Å². The number of rotatable bonds is 7. The van der Waals surface area contributed by atoms with Crippen molar-refractivity contribution in [3.63, 3.8) is 0 Å². The molecule has 1 amide bonds. The van der Waals surface area contributed by atoms with Crippen LogP contribution in [0.3, 0.4) is 0 Å². The lowest BCUT2D eigenvalue weighted by atomic mass is 9.85. The lowest BCUT2D eigenvalue weighted by Gasteiger charge is -2.22. The zero-order chi connectivity index (χ0) is 15.2. The van der Waals surface area contributed by atoms with Gasteiger partial charge in [-0.3, -0.25) is 9.59 Å². The van der Waals surface area contributed by atoms with E-state index in [4.69, 9.17) is 5.11 Å². The fourth-order valence-corrected chi connectivity index (χ4v) is 2.14. The van der Waals surface area contributed by atoms with E-state index in [9.17, 15) is 9.59 Å². The third kappa shape index (κ3) is 5.87. The van der Waals surface area contributed by atoms with Gasteiger partial charge < -0.3 is 10.4 Å². The minimum atomic E-state index is -0.875. The Morgan fingerprint density at radius 1 is 1.20 bits per heavy atom. The molecule has 4 heteroatoms. The number of hydrogen-bond donors (Lipinski definition) is 2. The summed E-state index contributed by atoms with van der Waals surface area (Å²) in [6, 6.07) is 9.98. The fourth-order valence-electron chi connectivity index (χ4n) is 2.14. The van der Waals surface area contributed by atoms with Crippen LogP contribution in [0.25, 0.3) is 0 Å². The normalized spacial score (nSPS) is 12.8. The molecule has 0 fully saturated rings. The van der Waals surface area contributed by atoms with Crippen LogP contribution in [0.1, 0.15) is 45.1 Å². The second-order valence-corrected chi connectivity index (χ2v) is 6.03. The van der Waals surface area contributed by atoms with Gasteiger partial charge in [-0.2, -0.15) is 0 Å². The van der Waals surface area contributed by atoms with Crippen molar-refractivity contribution in [2.75, 3.05) is 6.54 Å². The Kier molecular flexibility index (Phi) is 5.74. The van der Waals surface area contributed by atoms with Gasteiger partial charge in [0.1, 0.15) is 0 Å². The molecule has 0 saturated carbocycles. The molecule has 1 aromatic rings. The molecule has 0 radical (unpaired) electrons. The molecule has 0 aliphatic heterocycles. The molecule has 0 saturated heterocycles. The summed E-state index contributed by atoms with van der Waals surface area (Å²) in [6.45, 7) is 6.20. The van der Waals surface area contributed by atoms with E-state index >= 15 is 0 Å². The summed E-state index contributed by atoms with van der Waals surface area (Å²) in [6.07, 6.45) is 0.218. The van der Waals surface area contributed by atoms with Gasteiger partial charge in [0.15, 0.2) is 0 Å². The van der Waals surface area contributed by atoms with E-state index in [0.717, 1.165) is 0 Å². The Bertz CT molecular complexity index is 454. The summed E-state index contributed by atoms with van der Waals surface area (Å²) >= 11 is 0. The van der Waals surface area contributed by atoms with Crippen LogP contribution in [-0.4, -0.2) is 23.5 Å². The zero-order valence-electron chi connectivity index (χ0n) is 12.3. The standard InChI is InChI=1S/C16H23NO3/c1-12(13-7-5-4-6-8-13)11-17-14(18)9-16(2,3)10-15(19)20/h4-8,12H,9-11H2,1-3H3,(H,17,18)(H,19,20). The highest BCUT2D eigenvalue weighted by Gasteiger charge is 2.25. The number of hydrogen-bond acceptors (Lipinski definition) is 2. The first-order valence-electron chi connectivity index (χ1n) is 6.83. The largest absolute Gasteiger partial charge is 0.481 e. The molecule has 1 aromatic carbocycles. The van der Waals surface area contributed by atoms with Crippen molar-refractivity contribution in [3.8, 4) is 0 Å². The highest BCUT2D eigenvalue weighted by molar-refractivity contribution is 5.77. The van der Waals surface area contributed by atoms with Crippen molar-refractivity contribution in [1.29, 1.82) is 0 Å². The van der Waals surface area contributed by atoms with Gasteiger partial charge in [0.05, 0.1) is 6.42 Å². The molecule has 0 aliphatic carbocycles. The van der Waals surface area contributed by atoms with Crippen molar-refractivity contribution in [1.82, 2.24) is 5.32 Å². The molecule has 4 nitrogen and oxygen atoms in total. The number of amides is 1. The van der Waals surface area contributed by atoms with E-state index in [2.05, 4.69) is 12.2 Å². The van der Waals surface area contributed by atoms with Crippen LogP contribution in [0.5, 0.6) is 0 Å². The first-order valence-corrected chi connectivity index (χ1v) is 6.83. The summed E-state index contributed by atoms with van der Waals surface area (Å²) in [7, 11) is 0. The van der Waals surface area contributed by atoms with Gasteiger partial charge in [-0.15, -0.1) is 0 Å². The number of carboxylic acid groups (broad SMARTS) is 1. The first kappa shape index (κ1) is 16.2. The number of carbonyl (C=O) groups excluding carboxylic acids is 1. The van der Waals surface area contributed by atoms with Crippen molar-refractivity contribution in [2.45, 2.75) is 39.5 Å². The molecule has 1 atom stereocenters. The first-order chi connectivity index (χ1) is 9.30. The van der Waals surface area contributed by atoms with E-state index in [0.29, 0.717) is 6.54 Å². The van der Waals surface area contributed by atoms with E-state index in [1.165, 1.54) is 5.56 Å². The SMILES string of the molecule is CC(CNC(=O)CC(C)(C)CC(=O)O)c1ccccc1. The average Bonchev–Trinajstić information content (AvgIpc) is 2.34. The Balaban J connectivity index is 2.42. The average molecular weight is 277 g/mol. The van der Waals surface area contributed by atoms with Crippen molar-refractivity contribution < 1.29 is 14.7 Å². The van der Waals surface area contributed by atoms with Crippen LogP contribution >= 0.6 is 0 Å². The molecule has 0 bridgehead atoms. The van der Waals surface area contributed by atoms with E-state index in [1.807, 2.05) is 30.3 Å². The van der Waals surface area contributed by atoms with Crippen molar-refractivity contribution in [3.05, 3.63) is 35.9 Å². The fraction of sp³-hybridized carbons (Fsp3) is 0.500. The lowest BCUT2D eigenvalue weighted by molar-refractivity contribution is -0.139. The number of aliphatic carboxylic acids is 1. The van der Waals surface area contributed by atoms with Crippen LogP contribution in [0, 0.1) is 5.41 Å². The summed E-state index contributed by atoms with van der Waals surface area (Å²) in [5.41, 5.74) is 0.656. The second kappa shape index (κ2) is 7.08. The van der Waals surface area contributed by atoms with Gasteiger partial charge in [0, 0.05) is 13.0 Å². The van der Waals surface area contributed by atoms with Gasteiger partial charge in [-0.25, -0.2) is 0 Å². The predicted octanol–water partition coefficient (Wildman–Crippen LogP) is 2.80. The Labute approximate surface area is 120 Å².